The van der Waals surface area contributed by atoms with Crippen molar-refractivity contribution in [3.8, 4) is 0 Å². The third-order valence-corrected chi connectivity index (χ3v) is 6.24. The highest BCUT2D eigenvalue weighted by Gasteiger charge is 2.37. The first-order chi connectivity index (χ1) is 15.3. The molecule has 0 saturated carbocycles. The molecule has 1 aliphatic heterocycles. The fraction of sp³-hybridized carbons (Fsp3) is 0.222. The van der Waals surface area contributed by atoms with Crippen molar-refractivity contribution >= 4 is 16.8 Å². The number of H-pyrrole nitrogens is 1. The van der Waals surface area contributed by atoms with Crippen molar-refractivity contribution in [3.63, 3.8) is 0 Å². The summed E-state index contributed by atoms with van der Waals surface area (Å²) in [6.07, 6.45) is 2.88. The van der Waals surface area contributed by atoms with Gasteiger partial charge in [0.1, 0.15) is 0 Å². The zero-order valence-corrected chi connectivity index (χ0v) is 17.5. The molecule has 2 heterocycles. The molecule has 1 aliphatic rings. The first-order valence-electron chi connectivity index (χ1n) is 11.0. The molecule has 0 atom stereocenters. The van der Waals surface area contributed by atoms with Crippen molar-refractivity contribution in [3.05, 3.63) is 108 Å². The maximum Gasteiger partial charge on any atom is 0.225 e. The predicted octanol–water partition coefficient (Wildman–Crippen LogP) is 4.55. The van der Waals surface area contributed by atoms with Gasteiger partial charge in [-0.2, -0.15) is 0 Å². The summed E-state index contributed by atoms with van der Waals surface area (Å²) in [5.41, 5.74) is 4.93. The van der Waals surface area contributed by atoms with Gasteiger partial charge in [0, 0.05) is 36.7 Å². The van der Waals surface area contributed by atoms with Gasteiger partial charge in [-0.05, 0) is 29.2 Å². The van der Waals surface area contributed by atoms with Gasteiger partial charge in [0.05, 0.1) is 12.0 Å². The minimum Gasteiger partial charge on any atom is -0.361 e. The number of aromatic nitrogens is 1. The van der Waals surface area contributed by atoms with Crippen LogP contribution in [0.4, 0.5) is 0 Å². The van der Waals surface area contributed by atoms with E-state index >= 15 is 0 Å². The van der Waals surface area contributed by atoms with Crippen LogP contribution in [0.25, 0.3) is 10.9 Å². The first kappa shape index (κ1) is 19.6. The fourth-order valence-electron chi connectivity index (χ4n) is 4.58. The van der Waals surface area contributed by atoms with E-state index in [9.17, 15) is 4.79 Å². The van der Waals surface area contributed by atoms with Gasteiger partial charge >= 0.3 is 0 Å². The van der Waals surface area contributed by atoms with Crippen LogP contribution in [0.5, 0.6) is 0 Å². The molecule has 31 heavy (non-hydrogen) atoms. The van der Waals surface area contributed by atoms with Crippen molar-refractivity contribution in [2.75, 3.05) is 19.6 Å². The van der Waals surface area contributed by atoms with E-state index in [2.05, 4.69) is 81.9 Å². The summed E-state index contributed by atoms with van der Waals surface area (Å²) in [6, 6.07) is 29.6. The quantitative estimate of drug-likeness (QED) is 0.471. The Morgan fingerprint density at radius 3 is 2.19 bits per heavy atom. The summed E-state index contributed by atoms with van der Waals surface area (Å²) < 4.78 is 0. The molecule has 2 N–H and O–H groups in total. The van der Waals surface area contributed by atoms with Crippen molar-refractivity contribution in [1.29, 1.82) is 0 Å². The van der Waals surface area contributed by atoms with Crippen LogP contribution in [0.15, 0.2) is 91.1 Å². The Morgan fingerprint density at radius 1 is 0.903 bits per heavy atom. The Morgan fingerprint density at radius 2 is 1.52 bits per heavy atom. The van der Waals surface area contributed by atoms with E-state index in [1.54, 1.807) is 0 Å². The van der Waals surface area contributed by atoms with Crippen molar-refractivity contribution in [2.24, 2.45) is 5.92 Å². The smallest absolute Gasteiger partial charge is 0.225 e. The van der Waals surface area contributed by atoms with Crippen molar-refractivity contribution < 1.29 is 4.79 Å². The number of para-hydroxylation sites is 1. The summed E-state index contributed by atoms with van der Waals surface area (Å²) in [5.74, 6) is 0.217. The lowest BCUT2D eigenvalue weighted by molar-refractivity contribution is -0.131. The minimum absolute atomic E-state index is 0.0536. The average Bonchev–Trinajstić information content (AvgIpc) is 3.20. The number of hydrogen-bond donors (Lipinski definition) is 2. The third kappa shape index (κ3) is 4.12. The van der Waals surface area contributed by atoms with Gasteiger partial charge < -0.3 is 10.3 Å². The van der Waals surface area contributed by atoms with Crippen LogP contribution in [-0.2, 0) is 11.2 Å². The number of nitrogens with zero attached hydrogens (tertiary/aromatic N) is 1. The number of hydrogen-bond acceptors (Lipinski definition) is 2. The van der Waals surface area contributed by atoms with Gasteiger partial charge in [-0.15, -0.1) is 0 Å². The monoisotopic (exact) mass is 409 g/mol. The first-order valence-corrected chi connectivity index (χ1v) is 11.0. The molecular formula is C27H27N3O. The maximum atomic E-state index is 12.7. The van der Waals surface area contributed by atoms with Crippen LogP contribution in [0.3, 0.4) is 0 Å². The second kappa shape index (κ2) is 8.78. The summed E-state index contributed by atoms with van der Waals surface area (Å²) in [4.78, 5) is 18.4. The van der Waals surface area contributed by atoms with E-state index in [0.29, 0.717) is 6.54 Å². The molecule has 0 bridgehead atoms. The number of amides is 1. The van der Waals surface area contributed by atoms with Gasteiger partial charge in [-0.1, -0.05) is 78.9 Å². The van der Waals surface area contributed by atoms with E-state index in [-0.39, 0.29) is 17.9 Å². The van der Waals surface area contributed by atoms with Gasteiger partial charge in [0.25, 0.3) is 0 Å². The number of aromatic amines is 1. The van der Waals surface area contributed by atoms with Crippen molar-refractivity contribution in [1.82, 2.24) is 15.2 Å². The summed E-state index contributed by atoms with van der Waals surface area (Å²) in [5, 5.41) is 4.38. The van der Waals surface area contributed by atoms with E-state index in [1.165, 1.54) is 22.1 Å². The van der Waals surface area contributed by atoms with E-state index in [1.807, 2.05) is 24.4 Å². The molecule has 1 fully saturated rings. The fourth-order valence-corrected chi connectivity index (χ4v) is 4.58. The lowest BCUT2D eigenvalue weighted by Gasteiger charge is -2.44. The van der Waals surface area contributed by atoms with Crippen molar-refractivity contribution in [2.45, 2.75) is 12.5 Å². The Balaban J connectivity index is 1.18. The number of carbonyl (C=O) groups is 1. The predicted molar refractivity (Wildman–Crippen MR) is 125 cm³/mol. The highest BCUT2D eigenvalue weighted by atomic mass is 16.2. The molecule has 156 valence electrons. The van der Waals surface area contributed by atoms with Crippen LogP contribution >= 0.6 is 0 Å². The largest absolute Gasteiger partial charge is 0.361 e. The van der Waals surface area contributed by atoms with Crippen LogP contribution in [0.2, 0.25) is 0 Å². The van der Waals surface area contributed by atoms with Gasteiger partial charge in [-0.25, -0.2) is 0 Å². The van der Waals surface area contributed by atoms with E-state index < -0.39 is 0 Å². The summed E-state index contributed by atoms with van der Waals surface area (Å²) in [6.45, 7) is 2.23. The number of benzene rings is 3. The normalized spacial score (nSPS) is 14.6. The molecule has 4 heteroatoms. The van der Waals surface area contributed by atoms with Gasteiger partial charge in [-0.3, -0.25) is 9.69 Å². The van der Waals surface area contributed by atoms with Crippen LogP contribution in [0, 0.1) is 5.92 Å². The Bertz CT molecular complexity index is 1110. The number of fused-ring (bicyclic) bond motifs is 1. The van der Waals surface area contributed by atoms with E-state index in [4.69, 9.17) is 0 Å². The molecule has 3 aromatic carbocycles. The number of rotatable bonds is 7. The molecular weight excluding hydrogens is 382 g/mol. The number of carbonyl (C=O) groups excluding carboxylic acids is 1. The lowest BCUT2D eigenvalue weighted by atomic mass is 9.90. The Hall–Kier alpha value is -3.37. The highest BCUT2D eigenvalue weighted by molar-refractivity contribution is 5.83. The molecule has 1 saturated heterocycles. The molecule has 4 aromatic rings. The molecule has 0 radical (unpaired) electrons. The second-order valence-electron chi connectivity index (χ2n) is 8.28. The van der Waals surface area contributed by atoms with Crippen LogP contribution in [-0.4, -0.2) is 35.4 Å². The molecule has 1 amide bonds. The SMILES string of the molecule is O=C(NCCc1c[nH]c2ccccc12)C1CN(C(c2ccccc2)c2ccccc2)C1. The molecule has 0 spiro atoms. The highest BCUT2D eigenvalue weighted by Crippen LogP contribution is 2.34. The minimum atomic E-state index is 0.0536. The third-order valence-electron chi connectivity index (χ3n) is 6.24. The standard InChI is InChI=1S/C27H27N3O/c31-27(28-16-15-22-17-29-25-14-8-7-13-24(22)25)23-18-30(19-23)26(20-9-3-1-4-10-20)21-11-5-2-6-12-21/h1-14,17,23,26,29H,15-16,18-19H2,(H,28,31). The lowest BCUT2D eigenvalue weighted by Crippen LogP contribution is -2.55. The van der Waals surface area contributed by atoms with Crippen LogP contribution in [0.1, 0.15) is 22.7 Å². The maximum absolute atomic E-state index is 12.7. The summed E-state index contributed by atoms with van der Waals surface area (Å²) >= 11 is 0. The molecule has 5 rings (SSSR count). The molecule has 0 unspecified atom stereocenters. The van der Waals surface area contributed by atoms with Crippen LogP contribution < -0.4 is 5.32 Å². The molecule has 0 aliphatic carbocycles. The second-order valence-corrected chi connectivity index (χ2v) is 8.28. The summed E-state index contributed by atoms with van der Waals surface area (Å²) in [7, 11) is 0. The average molecular weight is 410 g/mol. The number of likely N-dealkylation sites (tertiary alicyclic amines) is 1. The zero-order chi connectivity index (χ0) is 21.0. The Kier molecular flexibility index (Phi) is 5.55. The van der Waals surface area contributed by atoms with Gasteiger partial charge in [0.15, 0.2) is 0 Å². The number of nitrogens with one attached hydrogen (secondary N) is 2. The van der Waals surface area contributed by atoms with Gasteiger partial charge in [0.2, 0.25) is 5.91 Å². The topological polar surface area (TPSA) is 48.1 Å². The molecule has 4 nitrogen and oxygen atoms in total. The molecule has 1 aromatic heterocycles. The van der Waals surface area contributed by atoms with E-state index in [0.717, 1.165) is 25.0 Å². The Labute approximate surface area is 182 Å². The zero-order valence-electron chi connectivity index (χ0n) is 17.5.